The minimum absolute atomic E-state index is 0.00941. The van der Waals surface area contributed by atoms with Gasteiger partial charge in [-0.05, 0) is 24.5 Å². The maximum Gasteiger partial charge on any atom is 0.250 e. The second-order valence-corrected chi connectivity index (χ2v) is 8.34. The predicted octanol–water partition coefficient (Wildman–Crippen LogP) is 3.03. The van der Waals surface area contributed by atoms with Gasteiger partial charge >= 0.3 is 0 Å². The second-order valence-electron chi connectivity index (χ2n) is 4.68. The number of halogens is 1. The van der Waals surface area contributed by atoms with E-state index in [0.29, 0.717) is 10.8 Å². The van der Waals surface area contributed by atoms with Crippen molar-refractivity contribution in [3.8, 4) is 0 Å². The summed E-state index contributed by atoms with van der Waals surface area (Å²) in [4.78, 5) is 0. The summed E-state index contributed by atoms with van der Waals surface area (Å²) in [6.07, 6.45) is 1.87. The summed E-state index contributed by atoms with van der Waals surface area (Å²) in [7, 11) is -3.67. The summed E-state index contributed by atoms with van der Waals surface area (Å²) >= 11 is 6.76. The van der Waals surface area contributed by atoms with Crippen molar-refractivity contribution in [1.29, 1.82) is 0 Å². The van der Waals surface area contributed by atoms with Crippen LogP contribution in [-0.4, -0.2) is 25.7 Å². The molecule has 7 heteroatoms. The lowest BCUT2D eigenvalue weighted by Crippen LogP contribution is -2.46. The molecule has 1 aromatic rings. The van der Waals surface area contributed by atoms with Gasteiger partial charge in [-0.1, -0.05) is 37.9 Å². The molecule has 1 heterocycles. The quantitative estimate of drug-likeness (QED) is 0.716. The Balaban J connectivity index is 2.96. The highest BCUT2D eigenvalue weighted by molar-refractivity contribution is 7.91. The Morgan fingerprint density at radius 3 is 2.65 bits per heavy atom. The minimum atomic E-state index is -3.67. The summed E-state index contributed by atoms with van der Waals surface area (Å²) in [5.41, 5.74) is 0. The lowest BCUT2D eigenvalue weighted by Gasteiger charge is -2.28. The number of thiophene rings is 1. The monoisotopic (exact) mass is 337 g/mol. The number of hydrogen-bond donors (Lipinski definition) is 2. The third-order valence-electron chi connectivity index (χ3n) is 3.18. The summed E-state index contributed by atoms with van der Waals surface area (Å²) in [5.74, 6) is 0.00941. The van der Waals surface area contributed by atoms with Gasteiger partial charge in [0.25, 0.3) is 0 Å². The lowest BCUT2D eigenvalue weighted by molar-refractivity contribution is 0.114. The topological polar surface area (TPSA) is 66.4 Å². The van der Waals surface area contributed by atoms with Gasteiger partial charge in [0.05, 0.1) is 16.5 Å². The Bertz CT molecular complexity index is 542. The largest absolute Gasteiger partial charge is 0.391 e. The molecule has 0 aliphatic rings. The van der Waals surface area contributed by atoms with E-state index < -0.39 is 22.2 Å². The van der Waals surface area contributed by atoms with Crippen molar-refractivity contribution in [2.75, 3.05) is 0 Å². The molecule has 3 atom stereocenters. The molecule has 1 aromatic heterocycles. The van der Waals surface area contributed by atoms with Gasteiger partial charge in [-0.3, -0.25) is 0 Å². The molecule has 0 fully saturated rings. The van der Waals surface area contributed by atoms with E-state index in [4.69, 9.17) is 11.6 Å². The van der Waals surface area contributed by atoms with Crippen LogP contribution in [0.2, 0.25) is 4.34 Å². The first-order valence-electron chi connectivity index (χ1n) is 6.38. The lowest BCUT2D eigenvalue weighted by atomic mass is 9.94. The average Bonchev–Trinajstić information content (AvgIpc) is 2.83. The zero-order chi connectivity index (χ0) is 15.3. The van der Waals surface area contributed by atoms with Gasteiger partial charge in [-0.2, -0.15) is 0 Å². The predicted molar refractivity (Wildman–Crippen MR) is 83.7 cm³/mol. The van der Waals surface area contributed by atoms with Crippen LogP contribution in [0.4, 0.5) is 0 Å². The maximum absolute atomic E-state index is 12.3. The summed E-state index contributed by atoms with van der Waals surface area (Å²) in [6, 6.07) is 2.45. The molecule has 0 saturated heterocycles. The summed E-state index contributed by atoms with van der Waals surface area (Å²) < 4.78 is 27.7. The fourth-order valence-corrected chi connectivity index (χ4v) is 4.70. The van der Waals surface area contributed by atoms with E-state index in [9.17, 15) is 13.5 Å². The summed E-state index contributed by atoms with van der Waals surface area (Å²) in [6.45, 7) is 7.43. The van der Waals surface area contributed by atoms with E-state index >= 15 is 0 Å². The zero-order valence-electron chi connectivity index (χ0n) is 11.5. The Labute approximate surface area is 129 Å². The Kier molecular flexibility index (Phi) is 6.68. The van der Waals surface area contributed by atoms with Crippen LogP contribution in [0.25, 0.3) is 0 Å². The highest BCUT2D eigenvalue weighted by Crippen LogP contribution is 2.26. The molecule has 0 radical (unpaired) electrons. The van der Waals surface area contributed by atoms with Crippen LogP contribution in [-0.2, 0) is 10.0 Å². The van der Waals surface area contributed by atoms with Crippen LogP contribution in [0.5, 0.6) is 0 Å². The molecular weight excluding hydrogens is 318 g/mol. The van der Waals surface area contributed by atoms with Crippen LogP contribution < -0.4 is 4.72 Å². The number of aliphatic hydroxyl groups is 1. The third-order valence-corrected chi connectivity index (χ3v) is 6.37. The molecule has 1 rings (SSSR count). The van der Waals surface area contributed by atoms with Gasteiger partial charge in [0.1, 0.15) is 4.21 Å². The number of sulfonamides is 1. The van der Waals surface area contributed by atoms with Crippen LogP contribution in [0.1, 0.15) is 26.7 Å². The number of nitrogens with one attached hydrogen (secondary N) is 1. The minimum Gasteiger partial charge on any atom is -0.391 e. The van der Waals surface area contributed by atoms with Crippen molar-refractivity contribution < 1.29 is 13.5 Å². The van der Waals surface area contributed by atoms with Crippen molar-refractivity contribution >= 4 is 33.0 Å². The molecule has 0 aromatic carbocycles. The van der Waals surface area contributed by atoms with Gasteiger partial charge in [0, 0.05) is 0 Å². The standard InChI is InChI=1S/C13H20ClNO3S2/c1-4-6-10(16)13(9(3)5-2)15-20(17,18)12-8-7-11(14)19-12/h4,7-10,13,15-16H,1,5-6H2,2-3H3/t9-,10+,13+/m1/s1. The van der Waals surface area contributed by atoms with E-state index in [1.54, 1.807) is 12.1 Å². The van der Waals surface area contributed by atoms with E-state index in [1.165, 1.54) is 6.07 Å². The molecule has 0 spiro atoms. The van der Waals surface area contributed by atoms with Crippen molar-refractivity contribution in [1.82, 2.24) is 4.72 Å². The van der Waals surface area contributed by atoms with Crippen LogP contribution >= 0.6 is 22.9 Å². The highest BCUT2D eigenvalue weighted by atomic mass is 35.5. The van der Waals surface area contributed by atoms with Crippen molar-refractivity contribution in [3.63, 3.8) is 0 Å². The van der Waals surface area contributed by atoms with Gasteiger partial charge in [0.2, 0.25) is 10.0 Å². The molecule has 0 amide bonds. The Morgan fingerprint density at radius 2 is 2.20 bits per heavy atom. The first-order chi connectivity index (χ1) is 9.31. The normalized spacial score (nSPS) is 16.6. The number of rotatable bonds is 8. The van der Waals surface area contributed by atoms with Gasteiger partial charge in [0.15, 0.2) is 0 Å². The van der Waals surface area contributed by atoms with Crippen molar-refractivity contribution in [2.24, 2.45) is 5.92 Å². The number of aliphatic hydroxyl groups excluding tert-OH is 1. The van der Waals surface area contributed by atoms with E-state index in [-0.39, 0.29) is 10.1 Å². The van der Waals surface area contributed by atoms with Crippen LogP contribution in [0.3, 0.4) is 0 Å². The smallest absolute Gasteiger partial charge is 0.250 e. The van der Waals surface area contributed by atoms with Crippen LogP contribution in [0.15, 0.2) is 29.0 Å². The Morgan fingerprint density at radius 1 is 1.55 bits per heavy atom. The molecule has 0 unspecified atom stereocenters. The first-order valence-corrected chi connectivity index (χ1v) is 9.06. The first kappa shape index (κ1) is 17.7. The molecular formula is C13H20ClNO3S2. The van der Waals surface area contributed by atoms with Crippen molar-refractivity contribution in [2.45, 2.75) is 43.0 Å². The van der Waals surface area contributed by atoms with E-state index in [2.05, 4.69) is 11.3 Å². The molecule has 20 heavy (non-hydrogen) atoms. The molecule has 114 valence electrons. The fourth-order valence-electron chi connectivity index (χ4n) is 1.82. The molecule has 4 nitrogen and oxygen atoms in total. The molecule has 0 aliphatic carbocycles. The van der Waals surface area contributed by atoms with Gasteiger partial charge < -0.3 is 5.11 Å². The van der Waals surface area contributed by atoms with Gasteiger partial charge in [-0.25, -0.2) is 13.1 Å². The molecule has 0 saturated carbocycles. The fraction of sp³-hybridized carbons (Fsp3) is 0.538. The summed E-state index contributed by atoms with van der Waals surface area (Å²) in [5, 5.41) is 10.1. The SMILES string of the molecule is C=CC[C@H](O)[C@@H](NS(=O)(=O)c1ccc(Cl)s1)[C@H](C)CC. The number of hydrogen-bond acceptors (Lipinski definition) is 4. The van der Waals surface area contributed by atoms with Crippen molar-refractivity contribution in [3.05, 3.63) is 29.1 Å². The van der Waals surface area contributed by atoms with E-state index in [1.807, 2.05) is 13.8 Å². The van der Waals surface area contributed by atoms with E-state index in [0.717, 1.165) is 17.8 Å². The highest BCUT2D eigenvalue weighted by Gasteiger charge is 2.29. The molecule has 0 bridgehead atoms. The second kappa shape index (κ2) is 7.56. The molecule has 0 aliphatic heterocycles. The van der Waals surface area contributed by atoms with Gasteiger partial charge in [-0.15, -0.1) is 17.9 Å². The third kappa shape index (κ3) is 4.56. The Hall–Kier alpha value is -0.400. The molecule has 2 N–H and O–H groups in total. The zero-order valence-corrected chi connectivity index (χ0v) is 13.9. The average molecular weight is 338 g/mol. The van der Waals surface area contributed by atoms with Crippen LogP contribution in [0, 0.1) is 5.92 Å². The maximum atomic E-state index is 12.3.